The topological polar surface area (TPSA) is 55.1 Å². The van der Waals surface area contributed by atoms with Gasteiger partial charge in [-0.05, 0) is 36.5 Å². The summed E-state index contributed by atoms with van der Waals surface area (Å²) in [5.74, 6) is -3.54. The van der Waals surface area contributed by atoms with Crippen molar-refractivity contribution in [2.45, 2.75) is 39.4 Å². The Balaban J connectivity index is 2.12. The molecular weight excluding hydrogens is 416 g/mol. The van der Waals surface area contributed by atoms with Gasteiger partial charge in [0.05, 0.1) is 23.0 Å². The molecule has 2 unspecified atom stereocenters. The van der Waals surface area contributed by atoms with E-state index in [1.54, 1.807) is 31.5 Å². The van der Waals surface area contributed by atoms with Crippen LogP contribution in [-0.2, 0) is 6.54 Å². The average molecular weight is 433 g/mol. The number of carboxylic acid groups (broad SMARTS) is 1. The van der Waals surface area contributed by atoms with Gasteiger partial charge in [-0.25, -0.2) is 9.78 Å². The number of hydrogen-bond acceptors (Lipinski definition) is 2. The molecule has 150 valence electrons. The molecule has 28 heavy (non-hydrogen) atoms. The summed E-state index contributed by atoms with van der Waals surface area (Å²) < 4.78 is 42.0. The van der Waals surface area contributed by atoms with Crippen LogP contribution in [0.2, 0.25) is 10.2 Å². The molecule has 2 aromatic heterocycles. The van der Waals surface area contributed by atoms with Crippen molar-refractivity contribution in [1.82, 2.24) is 9.55 Å². The predicted octanol–water partition coefficient (Wildman–Crippen LogP) is 5.94. The fraction of sp³-hybridized carbons (Fsp3) is 0.368. The van der Waals surface area contributed by atoms with Crippen molar-refractivity contribution < 1.29 is 23.1 Å². The fourth-order valence-electron chi connectivity index (χ4n) is 3.86. The van der Waals surface area contributed by atoms with Crippen LogP contribution in [0.25, 0.3) is 5.57 Å². The predicted molar refractivity (Wildman–Crippen MR) is 101 cm³/mol. The van der Waals surface area contributed by atoms with Gasteiger partial charge in [0.15, 0.2) is 0 Å². The monoisotopic (exact) mass is 432 g/mol. The maximum absolute atomic E-state index is 13.4. The molecule has 4 nitrogen and oxygen atoms in total. The lowest BCUT2D eigenvalue weighted by molar-refractivity contribution is -0.166. The molecule has 2 heterocycles. The number of alkyl halides is 3. The van der Waals surface area contributed by atoms with E-state index < -0.39 is 24.0 Å². The number of aromatic carboxylic acids is 1. The molecular formula is C19H17Cl2F3N2O2. The second-order valence-corrected chi connectivity index (χ2v) is 7.70. The second kappa shape index (κ2) is 7.12. The van der Waals surface area contributed by atoms with E-state index in [2.05, 4.69) is 4.98 Å². The van der Waals surface area contributed by atoms with Gasteiger partial charge < -0.3 is 9.67 Å². The van der Waals surface area contributed by atoms with E-state index in [9.17, 15) is 23.1 Å². The third kappa shape index (κ3) is 3.42. The van der Waals surface area contributed by atoms with Crippen molar-refractivity contribution in [2.75, 3.05) is 0 Å². The molecule has 1 aliphatic rings. The molecule has 0 aromatic carbocycles. The molecule has 0 saturated heterocycles. The number of halogens is 5. The summed E-state index contributed by atoms with van der Waals surface area (Å²) >= 11 is 12.3. The van der Waals surface area contributed by atoms with Gasteiger partial charge in [-0.15, -0.1) is 0 Å². The molecule has 0 radical (unpaired) electrons. The zero-order chi connectivity index (χ0) is 21.0. The first-order valence-corrected chi connectivity index (χ1v) is 9.20. The van der Waals surface area contributed by atoms with E-state index in [-0.39, 0.29) is 22.3 Å². The smallest absolute Gasteiger partial charge is 0.395 e. The van der Waals surface area contributed by atoms with Gasteiger partial charge in [-0.1, -0.05) is 36.2 Å². The molecule has 1 aliphatic carbocycles. The van der Waals surface area contributed by atoms with Crippen LogP contribution >= 0.6 is 23.2 Å². The highest BCUT2D eigenvalue weighted by Gasteiger charge is 2.45. The summed E-state index contributed by atoms with van der Waals surface area (Å²) in [6, 6.07) is 0. The molecule has 2 atom stereocenters. The second-order valence-electron chi connectivity index (χ2n) is 6.97. The summed E-state index contributed by atoms with van der Waals surface area (Å²) in [4.78, 5) is 15.2. The average Bonchev–Trinajstić information content (AvgIpc) is 2.90. The molecule has 0 bridgehead atoms. The Morgan fingerprint density at radius 1 is 1.32 bits per heavy atom. The van der Waals surface area contributed by atoms with E-state index in [0.717, 1.165) is 11.8 Å². The van der Waals surface area contributed by atoms with Gasteiger partial charge >= 0.3 is 12.1 Å². The fourth-order valence-corrected chi connectivity index (χ4v) is 4.39. The number of carbonyl (C=O) groups is 1. The van der Waals surface area contributed by atoms with Crippen LogP contribution in [0.15, 0.2) is 18.5 Å². The highest BCUT2D eigenvalue weighted by Crippen LogP contribution is 2.47. The highest BCUT2D eigenvalue weighted by atomic mass is 35.5. The Kier molecular flexibility index (Phi) is 5.27. The van der Waals surface area contributed by atoms with Crippen LogP contribution in [0, 0.1) is 12.8 Å². The van der Waals surface area contributed by atoms with Gasteiger partial charge in [-0.2, -0.15) is 13.2 Å². The molecule has 3 rings (SSSR count). The standard InChI is InChI=1S/C19H17Cl2F3N2O2/c1-8-4-13(19(22,23)24)10(3)14-9(2)6-26(16(8)14)7-12-15(20)11(18(27)28)5-25-17(12)21/h4-6,10,13H,7H2,1-3H3,(H,27,28). The zero-order valence-electron chi connectivity index (χ0n) is 15.2. The van der Waals surface area contributed by atoms with E-state index in [4.69, 9.17) is 23.2 Å². The summed E-state index contributed by atoms with van der Waals surface area (Å²) in [5, 5.41) is 9.25. The summed E-state index contributed by atoms with van der Waals surface area (Å²) in [5.41, 5.74) is 2.63. The number of carboxylic acids is 1. The molecule has 1 N–H and O–H groups in total. The van der Waals surface area contributed by atoms with Crippen molar-refractivity contribution in [1.29, 1.82) is 0 Å². The van der Waals surface area contributed by atoms with Crippen LogP contribution < -0.4 is 0 Å². The van der Waals surface area contributed by atoms with E-state index in [0.29, 0.717) is 22.4 Å². The molecule has 0 amide bonds. The maximum atomic E-state index is 13.4. The molecule has 0 spiro atoms. The molecule has 0 fully saturated rings. The summed E-state index contributed by atoms with van der Waals surface area (Å²) in [6.45, 7) is 5.04. The van der Waals surface area contributed by atoms with E-state index >= 15 is 0 Å². The molecule has 0 aliphatic heterocycles. The number of hydrogen-bond donors (Lipinski definition) is 1. The Bertz CT molecular complexity index is 996. The normalized spacial score (nSPS) is 19.4. The summed E-state index contributed by atoms with van der Waals surface area (Å²) in [6.07, 6.45) is -0.289. The Morgan fingerprint density at radius 3 is 2.54 bits per heavy atom. The van der Waals surface area contributed by atoms with Gasteiger partial charge in [-0.3, -0.25) is 0 Å². The largest absolute Gasteiger partial charge is 0.478 e. The van der Waals surface area contributed by atoms with Crippen LogP contribution in [0.4, 0.5) is 13.2 Å². The number of allylic oxidation sites excluding steroid dienone is 2. The zero-order valence-corrected chi connectivity index (χ0v) is 16.7. The molecule has 0 saturated carbocycles. The maximum Gasteiger partial charge on any atom is 0.395 e. The first-order valence-electron chi connectivity index (χ1n) is 8.44. The van der Waals surface area contributed by atoms with Gasteiger partial charge in [0.2, 0.25) is 0 Å². The van der Waals surface area contributed by atoms with E-state index in [1.165, 1.54) is 6.08 Å². The molecule has 2 aromatic rings. The number of fused-ring (bicyclic) bond motifs is 1. The van der Waals surface area contributed by atoms with Crippen LogP contribution in [0.1, 0.15) is 52.5 Å². The SMILES string of the molecule is CC1=CC(C(F)(F)F)C(C)c2c(C)cn(Cc3c(Cl)ncc(C(=O)O)c3Cl)c21. The Labute approximate surface area is 169 Å². The minimum absolute atomic E-state index is 0.0359. The first kappa shape index (κ1) is 20.7. The van der Waals surface area contributed by atoms with Crippen molar-refractivity contribution in [3.8, 4) is 0 Å². The molecule has 9 heteroatoms. The number of nitrogens with zero attached hydrogens (tertiary/aromatic N) is 2. The minimum Gasteiger partial charge on any atom is -0.478 e. The number of aromatic nitrogens is 2. The summed E-state index contributed by atoms with van der Waals surface area (Å²) in [7, 11) is 0. The van der Waals surface area contributed by atoms with Crippen molar-refractivity contribution in [3.63, 3.8) is 0 Å². The highest BCUT2D eigenvalue weighted by molar-refractivity contribution is 6.37. The van der Waals surface area contributed by atoms with Gasteiger partial charge in [0.1, 0.15) is 5.15 Å². The first-order chi connectivity index (χ1) is 12.9. The van der Waals surface area contributed by atoms with Crippen LogP contribution in [0.5, 0.6) is 0 Å². The van der Waals surface area contributed by atoms with Crippen molar-refractivity contribution in [2.24, 2.45) is 5.92 Å². The van der Waals surface area contributed by atoms with Crippen LogP contribution in [-0.4, -0.2) is 26.8 Å². The van der Waals surface area contributed by atoms with Crippen molar-refractivity contribution in [3.05, 3.63) is 56.6 Å². The Hall–Kier alpha value is -1.99. The van der Waals surface area contributed by atoms with Crippen molar-refractivity contribution >= 4 is 34.7 Å². The number of pyridine rings is 1. The Morgan fingerprint density at radius 2 is 1.96 bits per heavy atom. The third-order valence-electron chi connectivity index (χ3n) is 5.11. The van der Waals surface area contributed by atoms with Crippen LogP contribution in [0.3, 0.4) is 0 Å². The lowest BCUT2D eigenvalue weighted by Crippen LogP contribution is -2.29. The lowest BCUT2D eigenvalue weighted by atomic mass is 9.78. The van der Waals surface area contributed by atoms with E-state index in [1.807, 2.05) is 0 Å². The van der Waals surface area contributed by atoms with Gasteiger partial charge in [0.25, 0.3) is 0 Å². The quantitative estimate of drug-likeness (QED) is 0.610. The minimum atomic E-state index is -4.33. The van der Waals surface area contributed by atoms with Gasteiger partial charge in [0, 0.05) is 23.7 Å². The lowest BCUT2D eigenvalue weighted by Gasteiger charge is -2.30. The number of aryl methyl sites for hydroxylation is 1. The third-order valence-corrected chi connectivity index (χ3v) is 5.87. The number of rotatable bonds is 3.